The number of aliphatic imine (C=N–C) groups is 1. The molecule has 0 saturated carbocycles. The highest BCUT2D eigenvalue weighted by atomic mass is 127. The van der Waals surface area contributed by atoms with Crippen LogP contribution in [0, 0.1) is 0 Å². The normalized spacial score (nSPS) is 10.7. The first kappa shape index (κ1) is 23.5. The summed E-state index contributed by atoms with van der Waals surface area (Å²) in [7, 11) is 1.71. The number of hydrogen-bond donors (Lipinski definition) is 3. The minimum Gasteiger partial charge on any atom is -0.356 e. The van der Waals surface area contributed by atoms with Crippen molar-refractivity contribution in [1.29, 1.82) is 0 Å². The lowest BCUT2D eigenvalue weighted by Crippen LogP contribution is -2.42. The number of rotatable bonds is 7. The molecule has 0 fully saturated rings. The average Bonchev–Trinajstić information content (AvgIpc) is 2.65. The van der Waals surface area contributed by atoms with Gasteiger partial charge in [-0.25, -0.2) is 0 Å². The van der Waals surface area contributed by atoms with Gasteiger partial charge in [0.15, 0.2) is 5.96 Å². The molecule has 0 spiro atoms. The van der Waals surface area contributed by atoms with Crippen molar-refractivity contribution in [3.8, 4) is 0 Å². The van der Waals surface area contributed by atoms with E-state index in [-0.39, 0.29) is 29.9 Å². The smallest absolute Gasteiger partial charge is 0.252 e. The number of guanidine groups is 1. The molecule has 146 valence electrons. The molecule has 8 heteroatoms. The van der Waals surface area contributed by atoms with Gasteiger partial charge in [0.05, 0.1) is 10.6 Å². The molecule has 0 aliphatic carbocycles. The van der Waals surface area contributed by atoms with Gasteiger partial charge in [-0.1, -0.05) is 47.5 Å². The summed E-state index contributed by atoms with van der Waals surface area (Å²) in [5.74, 6) is 0.494. The van der Waals surface area contributed by atoms with E-state index >= 15 is 0 Å². The van der Waals surface area contributed by atoms with Crippen molar-refractivity contribution in [3.63, 3.8) is 0 Å². The van der Waals surface area contributed by atoms with E-state index in [0.29, 0.717) is 29.6 Å². The van der Waals surface area contributed by atoms with Gasteiger partial charge in [0.1, 0.15) is 0 Å². The Morgan fingerprint density at radius 2 is 1.56 bits per heavy atom. The highest BCUT2D eigenvalue weighted by Crippen LogP contribution is 2.14. The highest BCUT2D eigenvalue weighted by Gasteiger charge is 2.08. The Balaban J connectivity index is 0.00000364. The molecule has 0 aromatic heterocycles. The number of carbonyl (C=O) groups is 1. The summed E-state index contributed by atoms with van der Waals surface area (Å²) in [5, 5.41) is 10.4. The van der Waals surface area contributed by atoms with Gasteiger partial charge in [-0.15, -0.1) is 24.0 Å². The lowest BCUT2D eigenvalue weighted by atomic mass is 10.1. The van der Waals surface area contributed by atoms with E-state index in [4.69, 9.17) is 23.2 Å². The van der Waals surface area contributed by atoms with Gasteiger partial charge < -0.3 is 16.0 Å². The van der Waals surface area contributed by atoms with Crippen LogP contribution in [0.2, 0.25) is 10.0 Å². The molecule has 0 unspecified atom stereocenters. The lowest BCUT2D eigenvalue weighted by Gasteiger charge is -2.12. The molecule has 5 nitrogen and oxygen atoms in total. The van der Waals surface area contributed by atoms with Crippen molar-refractivity contribution in [2.24, 2.45) is 4.99 Å². The summed E-state index contributed by atoms with van der Waals surface area (Å²) in [6, 6.07) is 14.7. The van der Waals surface area contributed by atoms with Gasteiger partial charge in [-0.3, -0.25) is 9.79 Å². The molecule has 0 radical (unpaired) electrons. The summed E-state index contributed by atoms with van der Waals surface area (Å²) in [6.07, 6.45) is 0.862. The minimum atomic E-state index is -0.192. The Morgan fingerprint density at radius 1 is 0.926 bits per heavy atom. The summed E-state index contributed by atoms with van der Waals surface area (Å²) >= 11 is 11.9. The summed E-state index contributed by atoms with van der Waals surface area (Å²) < 4.78 is 0. The van der Waals surface area contributed by atoms with Crippen LogP contribution in [0.3, 0.4) is 0 Å². The molecule has 0 aliphatic rings. The van der Waals surface area contributed by atoms with Crippen LogP contribution >= 0.6 is 47.2 Å². The molecule has 0 heterocycles. The Kier molecular flexibility index (Phi) is 11.2. The molecule has 2 aromatic carbocycles. The van der Waals surface area contributed by atoms with Crippen molar-refractivity contribution in [1.82, 2.24) is 16.0 Å². The van der Waals surface area contributed by atoms with E-state index in [1.165, 1.54) is 5.56 Å². The van der Waals surface area contributed by atoms with Gasteiger partial charge in [-0.05, 0) is 36.2 Å². The van der Waals surface area contributed by atoms with Crippen LogP contribution in [0.25, 0.3) is 0 Å². The Bertz CT molecular complexity index is 754. The maximum atomic E-state index is 12.1. The van der Waals surface area contributed by atoms with Crippen molar-refractivity contribution >= 4 is 59.0 Å². The maximum absolute atomic E-state index is 12.1. The van der Waals surface area contributed by atoms with Crippen LogP contribution in [-0.4, -0.2) is 38.5 Å². The summed E-state index contributed by atoms with van der Waals surface area (Å²) in [5.41, 5.74) is 1.67. The zero-order valence-corrected chi connectivity index (χ0v) is 18.8. The number of halogens is 3. The minimum absolute atomic E-state index is 0. The quantitative estimate of drug-likeness (QED) is 0.225. The number of nitrogens with one attached hydrogen (secondary N) is 3. The molecule has 0 aliphatic heterocycles. The number of carbonyl (C=O) groups excluding carboxylic acids is 1. The molecule has 1 amide bonds. The third-order valence-corrected chi connectivity index (χ3v) is 4.25. The lowest BCUT2D eigenvalue weighted by molar-refractivity contribution is 0.0954. The third-order valence-electron chi connectivity index (χ3n) is 3.66. The first-order valence-corrected chi connectivity index (χ1v) is 9.07. The van der Waals surface area contributed by atoms with E-state index in [0.717, 1.165) is 18.0 Å². The van der Waals surface area contributed by atoms with Crippen LogP contribution in [0.4, 0.5) is 0 Å². The van der Waals surface area contributed by atoms with Crippen molar-refractivity contribution in [2.75, 3.05) is 26.7 Å². The number of hydrogen-bond acceptors (Lipinski definition) is 2. The number of amides is 1. The fourth-order valence-corrected chi connectivity index (χ4v) is 2.64. The second-order valence-electron chi connectivity index (χ2n) is 5.54. The van der Waals surface area contributed by atoms with Gasteiger partial charge in [0.25, 0.3) is 5.91 Å². The van der Waals surface area contributed by atoms with Crippen LogP contribution in [-0.2, 0) is 6.42 Å². The molecule has 27 heavy (non-hydrogen) atoms. The van der Waals surface area contributed by atoms with E-state index in [1.807, 2.05) is 24.3 Å². The monoisotopic (exact) mass is 520 g/mol. The molecule has 0 bridgehead atoms. The Morgan fingerprint density at radius 3 is 2.22 bits per heavy atom. The molecule has 2 rings (SSSR count). The largest absolute Gasteiger partial charge is 0.356 e. The van der Waals surface area contributed by atoms with Crippen LogP contribution in [0.1, 0.15) is 15.9 Å². The van der Waals surface area contributed by atoms with Crippen molar-refractivity contribution in [3.05, 3.63) is 69.7 Å². The summed E-state index contributed by atoms with van der Waals surface area (Å²) in [6.45, 7) is 1.76. The molecule has 3 N–H and O–H groups in total. The molecule has 0 atom stereocenters. The zero-order chi connectivity index (χ0) is 18.8. The zero-order valence-electron chi connectivity index (χ0n) is 15.0. The Hall–Kier alpha value is -1.51. The van der Waals surface area contributed by atoms with Crippen molar-refractivity contribution in [2.45, 2.75) is 6.42 Å². The first-order chi connectivity index (χ1) is 12.6. The SMILES string of the molecule is CN=C(NCCNC(=O)c1ccccc1Cl)NCCc1ccc(Cl)cc1.I. The van der Waals surface area contributed by atoms with E-state index in [2.05, 4.69) is 20.9 Å². The first-order valence-electron chi connectivity index (χ1n) is 8.32. The fraction of sp³-hybridized carbons (Fsp3) is 0.263. The van der Waals surface area contributed by atoms with E-state index in [1.54, 1.807) is 31.3 Å². The predicted molar refractivity (Wildman–Crippen MR) is 124 cm³/mol. The van der Waals surface area contributed by atoms with Crippen LogP contribution in [0.15, 0.2) is 53.5 Å². The number of nitrogens with zero attached hydrogens (tertiary/aromatic N) is 1. The van der Waals surface area contributed by atoms with Gasteiger partial charge >= 0.3 is 0 Å². The molecule has 2 aromatic rings. The molecule has 0 saturated heterocycles. The fourth-order valence-electron chi connectivity index (χ4n) is 2.29. The maximum Gasteiger partial charge on any atom is 0.252 e. The average molecular weight is 521 g/mol. The van der Waals surface area contributed by atoms with Gasteiger partial charge in [-0.2, -0.15) is 0 Å². The Labute approximate surface area is 186 Å². The topological polar surface area (TPSA) is 65.5 Å². The molecular formula is C19H23Cl2IN4O. The van der Waals surface area contributed by atoms with Crippen LogP contribution < -0.4 is 16.0 Å². The third kappa shape index (κ3) is 8.36. The van der Waals surface area contributed by atoms with Gasteiger partial charge in [0, 0.05) is 31.7 Å². The van der Waals surface area contributed by atoms with Crippen LogP contribution in [0.5, 0.6) is 0 Å². The standard InChI is InChI=1S/C19H22Cl2N4O.HI/c1-22-19(24-11-10-14-6-8-15(20)9-7-14)25-13-12-23-18(26)16-4-2-3-5-17(16)21;/h2-9H,10-13H2,1H3,(H,23,26)(H2,22,24,25);1H. The van der Waals surface area contributed by atoms with Gasteiger partial charge in [0.2, 0.25) is 0 Å². The second-order valence-corrected chi connectivity index (χ2v) is 6.38. The summed E-state index contributed by atoms with van der Waals surface area (Å²) in [4.78, 5) is 16.2. The second kappa shape index (κ2) is 12.8. The van der Waals surface area contributed by atoms with E-state index < -0.39 is 0 Å². The number of benzene rings is 2. The van der Waals surface area contributed by atoms with E-state index in [9.17, 15) is 4.79 Å². The molecular weight excluding hydrogens is 498 g/mol. The predicted octanol–water partition coefficient (Wildman–Crippen LogP) is 3.75. The highest BCUT2D eigenvalue weighted by molar-refractivity contribution is 14.0. The van der Waals surface area contributed by atoms with Crippen molar-refractivity contribution < 1.29 is 4.79 Å².